The van der Waals surface area contributed by atoms with E-state index in [4.69, 9.17) is 9.47 Å². The number of rotatable bonds is 5. The molecule has 2 rings (SSSR count). The Morgan fingerprint density at radius 3 is 2.68 bits per heavy atom. The van der Waals surface area contributed by atoms with Crippen LogP contribution in [0, 0.1) is 0 Å². The number of nitrogens with one attached hydrogen (secondary N) is 2. The van der Waals surface area contributed by atoms with Crippen molar-refractivity contribution < 1.29 is 9.47 Å². The predicted molar refractivity (Wildman–Crippen MR) is 98.8 cm³/mol. The Bertz CT molecular complexity index is 470. The number of nitrogens with zero attached hydrogens (tertiary/aromatic N) is 2. The average Bonchev–Trinajstić information content (AvgIpc) is 2.94. The molecule has 1 aromatic heterocycles. The number of aryl methyl sites for hydroxylation is 1. The lowest BCUT2D eigenvalue weighted by molar-refractivity contribution is -0.0855. The summed E-state index contributed by atoms with van der Waals surface area (Å²) in [5, 5.41) is 6.68. The van der Waals surface area contributed by atoms with E-state index in [1.165, 1.54) is 5.56 Å². The topological polar surface area (TPSA) is 59.8 Å². The second kappa shape index (κ2) is 9.36. The van der Waals surface area contributed by atoms with Crippen LogP contribution in [0.15, 0.2) is 23.5 Å². The SMILES string of the molecule is CN=C(NCc1ccn(C)c1)NCC1(OC)CCOCC1.I. The maximum absolute atomic E-state index is 5.71. The van der Waals surface area contributed by atoms with Crippen LogP contribution in [0.25, 0.3) is 0 Å². The number of hydrogen-bond donors (Lipinski definition) is 2. The van der Waals surface area contributed by atoms with E-state index in [2.05, 4.69) is 27.9 Å². The molecule has 1 fully saturated rings. The number of aliphatic imine (C=N–C) groups is 1. The molecule has 1 saturated heterocycles. The van der Waals surface area contributed by atoms with Gasteiger partial charge >= 0.3 is 0 Å². The molecule has 0 saturated carbocycles. The molecule has 2 heterocycles. The number of hydrogen-bond acceptors (Lipinski definition) is 3. The standard InChI is InChI=1S/C15H26N4O2.HI/c1-16-14(17-10-13-4-7-19(2)11-13)18-12-15(20-3)5-8-21-9-6-15;/h4,7,11H,5-6,8-10,12H2,1-3H3,(H2,16,17,18);1H. The van der Waals surface area contributed by atoms with Crippen molar-refractivity contribution >= 4 is 29.9 Å². The minimum Gasteiger partial charge on any atom is -0.381 e. The first-order chi connectivity index (χ1) is 10.2. The molecule has 6 nitrogen and oxygen atoms in total. The van der Waals surface area contributed by atoms with Gasteiger partial charge in [-0.1, -0.05) is 0 Å². The summed E-state index contributed by atoms with van der Waals surface area (Å²) in [5.74, 6) is 0.793. The van der Waals surface area contributed by atoms with Crippen LogP contribution in [0.4, 0.5) is 0 Å². The van der Waals surface area contributed by atoms with E-state index in [0.29, 0.717) is 0 Å². The first-order valence-electron chi connectivity index (χ1n) is 7.36. The normalized spacial score (nSPS) is 17.7. The van der Waals surface area contributed by atoms with E-state index < -0.39 is 0 Å². The zero-order chi connectivity index (χ0) is 15.1. The van der Waals surface area contributed by atoms with Gasteiger partial charge in [-0.3, -0.25) is 4.99 Å². The lowest BCUT2D eigenvalue weighted by atomic mass is 9.94. The predicted octanol–water partition coefficient (Wildman–Crippen LogP) is 1.50. The van der Waals surface area contributed by atoms with Gasteiger partial charge < -0.3 is 24.7 Å². The quantitative estimate of drug-likeness (QED) is 0.429. The number of halogens is 1. The molecule has 0 amide bonds. The summed E-state index contributed by atoms with van der Waals surface area (Å²) in [5.41, 5.74) is 1.08. The lowest BCUT2D eigenvalue weighted by Crippen LogP contribution is -2.50. The molecule has 0 unspecified atom stereocenters. The fraction of sp³-hybridized carbons (Fsp3) is 0.667. The molecule has 0 spiro atoms. The smallest absolute Gasteiger partial charge is 0.191 e. The maximum Gasteiger partial charge on any atom is 0.191 e. The van der Waals surface area contributed by atoms with Crippen molar-refractivity contribution in [2.45, 2.75) is 25.0 Å². The molecule has 0 bridgehead atoms. The van der Waals surface area contributed by atoms with Crippen LogP contribution >= 0.6 is 24.0 Å². The number of aromatic nitrogens is 1. The van der Waals surface area contributed by atoms with Crippen LogP contribution in [0.5, 0.6) is 0 Å². The number of guanidine groups is 1. The van der Waals surface area contributed by atoms with Gasteiger partial charge in [-0.25, -0.2) is 0 Å². The van der Waals surface area contributed by atoms with Crippen molar-refractivity contribution in [3.63, 3.8) is 0 Å². The van der Waals surface area contributed by atoms with E-state index in [1.807, 2.05) is 17.8 Å². The molecule has 0 aliphatic carbocycles. The first kappa shape index (κ1) is 19.2. The minimum absolute atomic E-state index is 0. The van der Waals surface area contributed by atoms with Crippen molar-refractivity contribution in [3.05, 3.63) is 24.0 Å². The second-order valence-corrected chi connectivity index (χ2v) is 5.46. The fourth-order valence-electron chi connectivity index (χ4n) is 2.51. The minimum atomic E-state index is -0.150. The molecule has 0 radical (unpaired) electrons. The average molecular weight is 422 g/mol. The van der Waals surface area contributed by atoms with Gasteiger partial charge in [0.25, 0.3) is 0 Å². The Balaban J connectivity index is 0.00000242. The van der Waals surface area contributed by atoms with Gasteiger partial charge in [0.05, 0.1) is 5.60 Å². The number of methoxy groups -OCH3 is 1. The third-order valence-electron chi connectivity index (χ3n) is 3.99. The monoisotopic (exact) mass is 422 g/mol. The van der Waals surface area contributed by atoms with Crippen molar-refractivity contribution in [3.8, 4) is 0 Å². The molecule has 0 atom stereocenters. The number of ether oxygens (including phenoxy) is 2. The largest absolute Gasteiger partial charge is 0.381 e. The third kappa shape index (κ3) is 5.44. The van der Waals surface area contributed by atoms with Gasteiger partial charge in [-0.15, -0.1) is 24.0 Å². The van der Waals surface area contributed by atoms with E-state index in [1.54, 1.807) is 14.2 Å². The Morgan fingerprint density at radius 2 is 2.14 bits per heavy atom. The summed E-state index contributed by atoms with van der Waals surface area (Å²) >= 11 is 0. The molecular formula is C15H27IN4O2. The summed E-state index contributed by atoms with van der Waals surface area (Å²) in [6.45, 7) is 3.00. The molecular weight excluding hydrogens is 395 g/mol. The van der Waals surface area contributed by atoms with Gasteiger partial charge in [-0.05, 0) is 11.6 Å². The van der Waals surface area contributed by atoms with Gasteiger partial charge in [0.15, 0.2) is 5.96 Å². The summed E-state index contributed by atoms with van der Waals surface area (Å²) in [6.07, 6.45) is 5.95. The van der Waals surface area contributed by atoms with Crippen molar-refractivity contribution in [2.24, 2.45) is 12.0 Å². The highest BCUT2D eigenvalue weighted by Gasteiger charge is 2.32. The maximum atomic E-state index is 5.71. The van der Waals surface area contributed by atoms with Gasteiger partial charge in [-0.2, -0.15) is 0 Å². The molecule has 1 aliphatic heterocycles. The van der Waals surface area contributed by atoms with E-state index in [-0.39, 0.29) is 29.6 Å². The second-order valence-electron chi connectivity index (χ2n) is 5.46. The molecule has 7 heteroatoms. The zero-order valence-corrected chi connectivity index (χ0v) is 15.9. The third-order valence-corrected chi connectivity index (χ3v) is 3.99. The highest BCUT2D eigenvalue weighted by Crippen LogP contribution is 2.23. The summed E-state index contributed by atoms with van der Waals surface area (Å²) in [7, 11) is 5.57. The molecule has 0 aromatic carbocycles. The van der Waals surface area contributed by atoms with Crippen LogP contribution < -0.4 is 10.6 Å². The molecule has 1 aliphatic rings. The van der Waals surface area contributed by atoms with Gasteiger partial charge in [0, 0.05) is 72.7 Å². The summed E-state index contributed by atoms with van der Waals surface area (Å²) < 4.78 is 13.2. The molecule has 22 heavy (non-hydrogen) atoms. The molecule has 1 aromatic rings. The van der Waals surface area contributed by atoms with Crippen molar-refractivity contribution in [1.82, 2.24) is 15.2 Å². The Kier molecular flexibility index (Phi) is 8.19. The van der Waals surface area contributed by atoms with Gasteiger partial charge in [0.1, 0.15) is 0 Å². The molecule has 126 valence electrons. The highest BCUT2D eigenvalue weighted by atomic mass is 127. The Hall–Kier alpha value is -0.800. The van der Waals surface area contributed by atoms with E-state index in [9.17, 15) is 0 Å². The van der Waals surface area contributed by atoms with Crippen LogP contribution in [-0.4, -0.2) is 50.0 Å². The van der Waals surface area contributed by atoms with Gasteiger partial charge in [0.2, 0.25) is 0 Å². The Labute approximate surface area is 149 Å². The Morgan fingerprint density at radius 1 is 1.41 bits per heavy atom. The van der Waals surface area contributed by atoms with Crippen molar-refractivity contribution in [1.29, 1.82) is 0 Å². The molecule has 2 N–H and O–H groups in total. The highest BCUT2D eigenvalue weighted by molar-refractivity contribution is 14.0. The van der Waals surface area contributed by atoms with Crippen LogP contribution in [0.2, 0.25) is 0 Å². The summed E-state index contributed by atoms with van der Waals surface area (Å²) in [4.78, 5) is 4.26. The van der Waals surface area contributed by atoms with Crippen LogP contribution in [-0.2, 0) is 23.1 Å². The van der Waals surface area contributed by atoms with Crippen LogP contribution in [0.1, 0.15) is 18.4 Å². The zero-order valence-electron chi connectivity index (χ0n) is 13.6. The lowest BCUT2D eigenvalue weighted by Gasteiger charge is -2.36. The first-order valence-corrected chi connectivity index (χ1v) is 7.36. The fourth-order valence-corrected chi connectivity index (χ4v) is 2.51. The van der Waals surface area contributed by atoms with Crippen molar-refractivity contribution in [2.75, 3.05) is 33.9 Å². The van der Waals surface area contributed by atoms with E-state index >= 15 is 0 Å². The summed E-state index contributed by atoms with van der Waals surface area (Å²) in [6, 6.07) is 2.09. The van der Waals surface area contributed by atoms with E-state index in [0.717, 1.165) is 45.1 Å². The van der Waals surface area contributed by atoms with Crippen LogP contribution in [0.3, 0.4) is 0 Å².